The number of aliphatic imine (C=N–C) groups is 1. The lowest BCUT2D eigenvalue weighted by Crippen LogP contribution is -2.31. The summed E-state index contributed by atoms with van der Waals surface area (Å²) in [5.41, 5.74) is 2.66. The van der Waals surface area contributed by atoms with Crippen LogP contribution in [0.15, 0.2) is 29.8 Å². The maximum absolute atomic E-state index is 14.2. The first-order valence-corrected chi connectivity index (χ1v) is 8.95. The smallest absolute Gasteiger partial charge is 0.253 e. The van der Waals surface area contributed by atoms with Gasteiger partial charge in [0.25, 0.3) is 5.95 Å². The van der Waals surface area contributed by atoms with Crippen molar-refractivity contribution in [2.45, 2.75) is 6.92 Å². The molecule has 3 rings (SSSR count). The first-order chi connectivity index (χ1) is 13.4. The van der Waals surface area contributed by atoms with Gasteiger partial charge >= 0.3 is 0 Å². The number of rotatable bonds is 7. The highest BCUT2D eigenvalue weighted by Gasteiger charge is 2.18. The van der Waals surface area contributed by atoms with Gasteiger partial charge in [0.15, 0.2) is 0 Å². The molecular formula is C19H25FN8. The fourth-order valence-corrected chi connectivity index (χ4v) is 3.04. The van der Waals surface area contributed by atoms with Crippen molar-refractivity contribution >= 4 is 45.1 Å². The summed E-state index contributed by atoms with van der Waals surface area (Å²) in [5, 5.41) is 6.00. The molecule has 0 aliphatic heterocycles. The second-order valence-electron chi connectivity index (χ2n) is 6.56. The molecule has 9 heteroatoms. The summed E-state index contributed by atoms with van der Waals surface area (Å²) in [6, 6.07) is 2.94. The summed E-state index contributed by atoms with van der Waals surface area (Å²) in [5.74, 6) is 6.35. The number of nitrogens with two attached hydrogens (primary N) is 1. The number of H-pyrrole nitrogens is 1. The van der Waals surface area contributed by atoms with Crippen molar-refractivity contribution in [3.05, 3.63) is 30.6 Å². The lowest BCUT2D eigenvalue weighted by atomic mass is 10.1. The SMILES string of the molecule is C=CC(CN(C)N)=Nc1nc(N(C)CC)c2c(n1)[nH]c1c(NC)cc(F)cc12. The van der Waals surface area contributed by atoms with Gasteiger partial charge in [0.2, 0.25) is 0 Å². The first-order valence-electron chi connectivity index (χ1n) is 8.95. The normalized spacial score (nSPS) is 12.2. The van der Waals surface area contributed by atoms with E-state index in [4.69, 9.17) is 5.84 Å². The van der Waals surface area contributed by atoms with Gasteiger partial charge in [-0.1, -0.05) is 6.58 Å². The van der Waals surface area contributed by atoms with Crippen LogP contribution in [0.3, 0.4) is 0 Å². The molecule has 0 spiro atoms. The van der Waals surface area contributed by atoms with Crippen molar-refractivity contribution in [1.29, 1.82) is 0 Å². The van der Waals surface area contributed by atoms with E-state index in [9.17, 15) is 4.39 Å². The molecule has 2 aromatic heterocycles. The number of benzene rings is 1. The highest BCUT2D eigenvalue weighted by molar-refractivity contribution is 6.14. The zero-order valence-electron chi connectivity index (χ0n) is 16.5. The number of hydrogen-bond donors (Lipinski definition) is 3. The monoisotopic (exact) mass is 384 g/mol. The van der Waals surface area contributed by atoms with Crippen molar-refractivity contribution in [3.63, 3.8) is 0 Å². The average Bonchev–Trinajstić information content (AvgIpc) is 3.03. The molecule has 0 radical (unpaired) electrons. The van der Waals surface area contributed by atoms with Gasteiger partial charge in [-0.15, -0.1) is 0 Å². The number of fused-ring (bicyclic) bond motifs is 3. The predicted octanol–water partition coefficient (Wildman–Crippen LogP) is 2.81. The highest BCUT2D eigenvalue weighted by Crippen LogP contribution is 2.36. The van der Waals surface area contributed by atoms with Crippen LogP contribution in [0.5, 0.6) is 0 Å². The van der Waals surface area contributed by atoms with Gasteiger partial charge in [0, 0.05) is 33.1 Å². The molecular weight excluding hydrogens is 359 g/mol. The van der Waals surface area contributed by atoms with E-state index in [1.807, 2.05) is 18.9 Å². The van der Waals surface area contributed by atoms with E-state index in [0.717, 1.165) is 22.8 Å². The highest BCUT2D eigenvalue weighted by atomic mass is 19.1. The fraction of sp³-hybridized carbons (Fsp3) is 0.316. The van der Waals surface area contributed by atoms with Crippen LogP contribution in [0.25, 0.3) is 21.9 Å². The lowest BCUT2D eigenvalue weighted by molar-refractivity contribution is 0.401. The molecule has 0 bridgehead atoms. The van der Waals surface area contributed by atoms with Gasteiger partial charge in [0.1, 0.15) is 17.3 Å². The molecule has 0 atom stereocenters. The van der Waals surface area contributed by atoms with E-state index in [1.54, 1.807) is 20.2 Å². The number of hydrazine groups is 1. The van der Waals surface area contributed by atoms with Gasteiger partial charge in [-0.3, -0.25) is 5.84 Å². The van der Waals surface area contributed by atoms with Crippen LogP contribution in [-0.4, -0.2) is 59.9 Å². The molecule has 4 N–H and O–H groups in total. The zero-order valence-corrected chi connectivity index (χ0v) is 16.5. The van der Waals surface area contributed by atoms with Crippen LogP contribution < -0.4 is 16.1 Å². The van der Waals surface area contributed by atoms with Crippen molar-refractivity contribution in [1.82, 2.24) is 20.0 Å². The number of anilines is 2. The first kappa shape index (κ1) is 19.7. The van der Waals surface area contributed by atoms with E-state index >= 15 is 0 Å². The summed E-state index contributed by atoms with van der Waals surface area (Å²) in [6.07, 6.45) is 1.62. The van der Waals surface area contributed by atoms with Crippen molar-refractivity contribution in [3.8, 4) is 0 Å². The van der Waals surface area contributed by atoms with Crippen molar-refractivity contribution in [2.75, 3.05) is 44.4 Å². The van der Waals surface area contributed by atoms with E-state index in [1.165, 1.54) is 17.1 Å². The van der Waals surface area contributed by atoms with Gasteiger partial charge in [-0.05, 0) is 25.1 Å². The number of aromatic nitrogens is 3. The second-order valence-corrected chi connectivity index (χ2v) is 6.56. The molecule has 2 heterocycles. The maximum atomic E-state index is 14.2. The molecule has 0 saturated heterocycles. The Hall–Kier alpha value is -3.04. The molecule has 0 saturated carbocycles. The summed E-state index contributed by atoms with van der Waals surface area (Å²) >= 11 is 0. The Morgan fingerprint density at radius 3 is 2.75 bits per heavy atom. The summed E-state index contributed by atoms with van der Waals surface area (Å²) in [6.45, 7) is 6.92. The molecule has 0 amide bonds. The van der Waals surface area contributed by atoms with Crippen LogP contribution in [0.4, 0.5) is 21.8 Å². The van der Waals surface area contributed by atoms with Gasteiger partial charge < -0.3 is 15.2 Å². The molecule has 148 valence electrons. The van der Waals surface area contributed by atoms with E-state index in [0.29, 0.717) is 29.4 Å². The molecule has 0 aliphatic rings. The van der Waals surface area contributed by atoms with Gasteiger partial charge in [-0.2, -0.15) is 9.97 Å². The van der Waals surface area contributed by atoms with E-state index < -0.39 is 0 Å². The molecule has 28 heavy (non-hydrogen) atoms. The van der Waals surface area contributed by atoms with Gasteiger partial charge in [-0.25, -0.2) is 14.4 Å². The topological polar surface area (TPSA) is 98.5 Å². The van der Waals surface area contributed by atoms with Crippen LogP contribution in [0.2, 0.25) is 0 Å². The number of hydrogen-bond acceptors (Lipinski definition) is 7. The molecule has 0 fully saturated rings. The lowest BCUT2D eigenvalue weighted by Gasteiger charge is -2.17. The number of halogens is 1. The fourth-order valence-electron chi connectivity index (χ4n) is 3.04. The predicted molar refractivity (Wildman–Crippen MR) is 114 cm³/mol. The van der Waals surface area contributed by atoms with Crippen LogP contribution in [-0.2, 0) is 0 Å². The quantitative estimate of drug-likeness (QED) is 0.329. The van der Waals surface area contributed by atoms with Crippen molar-refractivity contribution in [2.24, 2.45) is 10.8 Å². The minimum absolute atomic E-state index is 0.289. The third-order valence-corrected chi connectivity index (χ3v) is 4.49. The standard InChI is InChI=1S/C19H25FN8/c1-6-12(10-28(5)21)23-19-25-17-15(18(26-19)27(4)7-2)13-8-11(20)9-14(22-3)16(13)24-17/h6,8-9,22H,1,7,10,21H2,2-5H3,(H,24,25,26). The van der Waals surface area contributed by atoms with Crippen LogP contribution in [0, 0.1) is 5.82 Å². The molecule has 0 unspecified atom stereocenters. The average molecular weight is 384 g/mol. The third-order valence-electron chi connectivity index (χ3n) is 4.49. The zero-order chi connectivity index (χ0) is 20.4. The summed E-state index contributed by atoms with van der Waals surface area (Å²) < 4.78 is 14.2. The Morgan fingerprint density at radius 2 is 2.14 bits per heavy atom. The summed E-state index contributed by atoms with van der Waals surface area (Å²) in [7, 11) is 5.42. The summed E-state index contributed by atoms with van der Waals surface area (Å²) in [4.78, 5) is 18.9. The Kier molecular flexibility index (Phi) is 5.57. The molecule has 1 aromatic carbocycles. The third kappa shape index (κ3) is 3.67. The number of nitrogens with one attached hydrogen (secondary N) is 2. The number of aromatic amines is 1. The van der Waals surface area contributed by atoms with Crippen molar-refractivity contribution < 1.29 is 4.39 Å². The second kappa shape index (κ2) is 7.91. The Labute approximate surface area is 162 Å². The Bertz CT molecular complexity index is 1050. The molecule has 8 nitrogen and oxygen atoms in total. The van der Waals surface area contributed by atoms with E-state index in [2.05, 4.69) is 31.8 Å². The molecule has 3 aromatic rings. The number of nitrogens with zero attached hydrogens (tertiary/aromatic N) is 5. The largest absolute Gasteiger partial charge is 0.386 e. The Balaban J connectivity index is 2.32. The van der Waals surface area contributed by atoms with Gasteiger partial charge in [0.05, 0.1) is 28.8 Å². The minimum atomic E-state index is -0.329. The van der Waals surface area contributed by atoms with E-state index in [-0.39, 0.29) is 11.8 Å². The van der Waals surface area contributed by atoms with Crippen LogP contribution >= 0.6 is 0 Å². The molecule has 0 aliphatic carbocycles. The Morgan fingerprint density at radius 1 is 1.39 bits per heavy atom. The maximum Gasteiger partial charge on any atom is 0.253 e. The van der Waals surface area contributed by atoms with Crippen LogP contribution in [0.1, 0.15) is 6.92 Å². The minimum Gasteiger partial charge on any atom is -0.386 e.